The van der Waals surface area contributed by atoms with E-state index in [1.807, 2.05) is 54.6 Å². The molecule has 0 saturated carbocycles. The molecule has 7 heteroatoms. The van der Waals surface area contributed by atoms with Crippen LogP contribution in [0.25, 0.3) is 11.1 Å². The summed E-state index contributed by atoms with van der Waals surface area (Å²) in [6.45, 7) is 2.59. The molecule has 0 aliphatic carbocycles. The first-order valence-corrected chi connectivity index (χ1v) is 12.8. The van der Waals surface area contributed by atoms with Gasteiger partial charge in [-0.2, -0.15) is 5.10 Å². The molecule has 7 nitrogen and oxygen atoms in total. The second kappa shape index (κ2) is 14.1. The first kappa shape index (κ1) is 27.1. The van der Waals surface area contributed by atoms with Crippen molar-refractivity contribution in [3.8, 4) is 28.4 Å². The van der Waals surface area contributed by atoms with Gasteiger partial charge in [0, 0.05) is 0 Å². The number of hydrogen-bond acceptors (Lipinski definition) is 6. The molecule has 4 aromatic rings. The van der Waals surface area contributed by atoms with Crippen molar-refractivity contribution in [2.75, 3.05) is 13.2 Å². The molecule has 4 rings (SSSR count). The third kappa shape index (κ3) is 8.57. The summed E-state index contributed by atoms with van der Waals surface area (Å²) in [6, 6.07) is 31.2. The van der Waals surface area contributed by atoms with Crippen molar-refractivity contribution in [2.45, 2.75) is 19.8 Å². The van der Waals surface area contributed by atoms with Crippen molar-refractivity contribution in [3.63, 3.8) is 0 Å². The van der Waals surface area contributed by atoms with E-state index in [0.29, 0.717) is 23.7 Å². The Hall–Kier alpha value is -4.91. The lowest BCUT2D eigenvalue weighted by atomic mass is 10.1. The number of esters is 1. The molecule has 0 spiro atoms. The van der Waals surface area contributed by atoms with Crippen molar-refractivity contribution in [3.05, 3.63) is 114 Å². The van der Waals surface area contributed by atoms with E-state index >= 15 is 0 Å². The number of carbonyl (C=O) groups is 2. The predicted octanol–water partition coefficient (Wildman–Crippen LogP) is 6.28. The fourth-order valence-corrected chi connectivity index (χ4v) is 3.54. The summed E-state index contributed by atoms with van der Waals surface area (Å²) in [7, 11) is 0. The van der Waals surface area contributed by atoms with Gasteiger partial charge in [0.25, 0.3) is 5.91 Å². The van der Waals surface area contributed by atoms with Crippen LogP contribution in [-0.2, 0) is 4.79 Å². The van der Waals surface area contributed by atoms with Crippen LogP contribution < -0.4 is 19.6 Å². The molecule has 1 amide bonds. The number of nitrogens with zero attached hydrogens (tertiary/aromatic N) is 1. The van der Waals surface area contributed by atoms with Gasteiger partial charge in [0.1, 0.15) is 17.2 Å². The van der Waals surface area contributed by atoms with Crippen LogP contribution in [0.4, 0.5) is 0 Å². The number of hydrogen-bond donors (Lipinski definition) is 1. The number of rotatable bonds is 12. The average Bonchev–Trinajstić information content (AvgIpc) is 2.98. The number of nitrogens with one attached hydrogen (secondary N) is 1. The van der Waals surface area contributed by atoms with Gasteiger partial charge >= 0.3 is 5.97 Å². The zero-order valence-electron chi connectivity index (χ0n) is 21.7. The highest BCUT2D eigenvalue weighted by Gasteiger charge is 2.09. The van der Waals surface area contributed by atoms with E-state index in [4.69, 9.17) is 14.2 Å². The zero-order chi connectivity index (χ0) is 27.3. The lowest BCUT2D eigenvalue weighted by molar-refractivity contribution is -0.123. The smallest absolute Gasteiger partial charge is 0.343 e. The van der Waals surface area contributed by atoms with Crippen LogP contribution in [0.1, 0.15) is 35.7 Å². The topological polar surface area (TPSA) is 86.2 Å². The van der Waals surface area contributed by atoms with Gasteiger partial charge in [-0.15, -0.1) is 0 Å². The minimum absolute atomic E-state index is 0.164. The minimum atomic E-state index is -0.460. The van der Waals surface area contributed by atoms with Gasteiger partial charge in [0.05, 0.1) is 18.4 Å². The normalized spacial score (nSPS) is 10.7. The SMILES string of the molecule is CCCCOc1ccc(C(=O)Oc2ccc(/C=N/NC(=O)COc3ccc(-c4ccccc4)cc3)cc2)cc1. The van der Waals surface area contributed by atoms with E-state index in [0.717, 1.165) is 35.3 Å². The molecule has 0 atom stereocenters. The Labute approximate surface area is 228 Å². The molecule has 0 aliphatic heterocycles. The Morgan fingerprint density at radius 2 is 1.36 bits per heavy atom. The van der Waals surface area contributed by atoms with Crippen LogP contribution in [0, 0.1) is 0 Å². The van der Waals surface area contributed by atoms with E-state index in [1.54, 1.807) is 48.5 Å². The van der Waals surface area contributed by atoms with Gasteiger partial charge < -0.3 is 14.2 Å². The van der Waals surface area contributed by atoms with E-state index in [9.17, 15) is 9.59 Å². The van der Waals surface area contributed by atoms with Gasteiger partial charge in [-0.25, -0.2) is 10.2 Å². The van der Waals surface area contributed by atoms with Crippen LogP contribution in [0.5, 0.6) is 17.2 Å². The largest absolute Gasteiger partial charge is 0.494 e. The summed E-state index contributed by atoms with van der Waals surface area (Å²) < 4.78 is 16.6. The fraction of sp³-hybridized carbons (Fsp3) is 0.156. The predicted molar refractivity (Wildman–Crippen MR) is 151 cm³/mol. The second-order valence-corrected chi connectivity index (χ2v) is 8.66. The second-order valence-electron chi connectivity index (χ2n) is 8.66. The van der Waals surface area contributed by atoms with Crippen molar-refractivity contribution < 1.29 is 23.8 Å². The standard InChI is InChI=1S/C32H30N2O5/c1-2-3-21-37-28-19-13-27(14-20-28)32(36)39-30-15-9-24(10-16-30)22-33-34-31(35)23-38-29-17-11-26(12-18-29)25-7-5-4-6-8-25/h4-20,22H,2-3,21,23H2,1H3,(H,34,35)/b33-22+. The highest BCUT2D eigenvalue weighted by atomic mass is 16.5. The number of hydrazone groups is 1. The molecule has 0 radical (unpaired) electrons. The van der Waals surface area contributed by atoms with Crippen molar-refractivity contribution in [1.29, 1.82) is 0 Å². The summed E-state index contributed by atoms with van der Waals surface area (Å²) in [5.74, 6) is 0.871. The highest BCUT2D eigenvalue weighted by Crippen LogP contribution is 2.22. The number of unbranched alkanes of at least 4 members (excludes halogenated alkanes) is 1. The number of benzene rings is 4. The van der Waals surface area contributed by atoms with Gasteiger partial charge in [-0.05, 0) is 83.8 Å². The average molecular weight is 523 g/mol. The van der Waals surface area contributed by atoms with E-state index in [-0.39, 0.29) is 12.5 Å². The Kier molecular flexibility index (Phi) is 9.84. The summed E-state index contributed by atoms with van der Waals surface area (Å²) >= 11 is 0. The summed E-state index contributed by atoms with van der Waals surface area (Å²) in [5.41, 5.74) is 5.77. The molecule has 0 heterocycles. The van der Waals surface area contributed by atoms with Gasteiger partial charge in [0.2, 0.25) is 0 Å². The maximum atomic E-state index is 12.4. The monoisotopic (exact) mass is 522 g/mol. The minimum Gasteiger partial charge on any atom is -0.494 e. The summed E-state index contributed by atoms with van der Waals surface area (Å²) in [4.78, 5) is 24.5. The van der Waals surface area contributed by atoms with Crippen molar-refractivity contribution in [2.24, 2.45) is 5.10 Å². The Morgan fingerprint density at radius 1 is 0.744 bits per heavy atom. The third-order valence-electron chi connectivity index (χ3n) is 5.68. The van der Waals surface area contributed by atoms with Crippen LogP contribution in [0.2, 0.25) is 0 Å². The summed E-state index contributed by atoms with van der Waals surface area (Å²) in [5, 5.41) is 3.96. The quantitative estimate of drug-likeness (QED) is 0.0778. The molecule has 0 saturated heterocycles. The molecule has 0 bridgehead atoms. The molecule has 39 heavy (non-hydrogen) atoms. The number of amides is 1. The number of carbonyl (C=O) groups excluding carboxylic acids is 2. The van der Waals surface area contributed by atoms with Crippen LogP contribution in [0.15, 0.2) is 108 Å². The van der Waals surface area contributed by atoms with Gasteiger partial charge in [-0.3, -0.25) is 4.79 Å². The first-order valence-electron chi connectivity index (χ1n) is 12.8. The zero-order valence-corrected chi connectivity index (χ0v) is 21.7. The number of ether oxygens (including phenoxy) is 3. The van der Waals surface area contributed by atoms with Crippen LogP contribution >= 0.6 is 0 Å². The molecule has 0 aliphatic rings. The van der Waals surface area contributed by atoms with Crippen molar-refractivity contribution >= 4 is 18.1 Å². The molecule has 0 fully saturated rings. The Morgan fingerprint density at radius 3 is 2.05 bits per heavy atom. The Balaban J connectivity index is 1.19. The van der Waals surface area contributed by atoms with E-state index in [1.165, 1.54) is 6.21 Å². The molecule has 4 aromatic carbocycles. The fourth-order valence-electron chi connectivity index (χ4n) is 3.54. The molecular formula is C32H30N2O5. The third-order valence-corrected chi connectivity index (χ3v) is 5.68. The maximum Gasteiger partial charge on any atom is 0.343 e. The molecule has 0 aromatic heterocycles. The lowest BCUT2D eigenvalue weighted by Gasteiger charge is -2.07. The molecule has 198 valence electrons. The highest BCUT2D eigenvalue weighted by molar-refractivity contribution is 5.91. The lowest BCUT2D eigenvalue weighted by Crippen LogP contribution is -2.24. The van der Waals surface area contributed by atoms with Crippen molar-refractivity contribution in [1.82, 2.24) is 5.43 Å². The summed E-state index contributed by atoms with van der Waals surface area (Å²) in [6.07, 6.45) is 3.54. The molecular weight excluding hydrogens is 492 g/mol. The maximum absolute atomic E-state index is 12.4. The van der Waals surface area contributed by atoms with Crippen LogP contribution in [-0.4, -0.2) is 31.3 Å². The molecule has 1 N–H and O–H groups in total. The van der Waals surface area contributed by atoms with E-state index in [2.05, 4.69) is 17.5 Å². The Bertz CT molecular complexity index is 1370. The first-order chi connectivity index (χ1) is 19.1. The van der Waals surface area contributed by atoms with E-state index < -0.39 is 5.97 Å². The van der Waals surface area contributed by atoms with Crippen LogP contribution in [0.3, 0.4) is 0 Å². The van der Waals surface area contributed by atoms with Gasteiger partial charge in [0.15, 0.2) is 6.61 Å². The molecule has 0 unspecified atom stereocenters. The van der Waals surface area contributed by atoms with Gasteiger partial charge in [-0.1, -0.05) is 55.8 Å².